The van der Waals surface area contributed by atoms with E-state index in [0.717, 1.165) is 6.42 Å². The van der Waals surface area contributed by atoms with Gasteiger partial charge >= 0.3 is 0 Å². The average molecular weight is 221 g/mol. The Balaban J connectivity index is 2.28. The minimum atomic E-state index is -2.88. The maximum Gasteiger partial charge on any atom is 0.148 e. The molecule has 0 radical (unpaired) electrons. The van der Waals surface area contributed by atoms with Gasteiger partial charge < -0.3 is 10.4 Å². The van der Waals surface area contributed by atoms with Crippen LogP contribution in [0.15, 0.2) is 0 Å². The minimum Gasteiger partial charge on any atom is -0.392 e. The van der Waals surface area contributed by atoms with E-state index < -0.39 is 9.84 Å². The summed E-state index contributed by atoms with van der Waals surface area (Å²) in [7, 11) is -2.88. The first-order valence-electron chi connectivity index (χ1n) is 4.82. The highest BCUT2D eigenvalue weighted by Gasteiger charge is 2.46. The highest BCUT2D eigenvalue weighted by atomic mass is 32.2. The van der Waals surface area contributed by atoms with Crippen LogP contribution in [-0.2, 0) is 9.84 Å². The summed E-state index contributed by atoms with van der Waals surface area (Å²) in [5, 5.41) is 12.6. The summed E-state index contributed by atoms with van der Waals surface area (Å²) in [5.41, 5.74) is -0.127. The summed E-state index contributed by atoms with van der Waals surface area (Å²) in [6.45, 7) is 4.44. The van der Waals surface area contributed by atoms with Crippen molar-refractivity contribution in [2.75, 3.05) is 18.6 Å². The highest BCUT2D eigenvalue weighted by molar-refractivity contribution is 7.90. The molecule has 2 N–H and O–H groups in total. The predicted molar refractivity (Wildman–Crippen MR) is 55.9 cm³/mol. The van der Waals surface area contributed by atoms with Crippen LogP contribution in [0, 0.1) is 5.41 Å². The first-order chi connectivity index (χ1) is 6.23. The Morgan fingerprint density at radius 1 is 1.50 bits per heavy atom. The van der Waals surface area contributed by atoms with Crippen LogP contribution in [0.5, 0.6) is 0 Å². The lowest BCUT2D eigenvalue weighted by Gasteiger charge is -2.49. The number of hydrogen-bond donors (Lipinski definition) is 2. The van der Waals surface area contributed by atoms with E-state index in [4.69, 9.17) is 0 Å². The van der Waals surface area contributed by atoms with Crippen molar-refractivity contribution >= 4 is 9.84 Å². The van der Waals surface area contributed by atoms with Crippen LogP contribution < -0.4 is 5.32 Å². The fraction of sp³-hybridized carbons (Fsp3) is 1.00. The monoisotopic (exact) mass is 221 g/mol. The molecular formula is C9H19NO3S. The molecule has 1 saturated carbocycles. The van der Waals surface area contributed by atoms with Crippen molar-refractivity contribution in [1.29, 1.82) is 0 Å². The van der Waals surface area contributed by atoms with E-state index in [0.29, 0.717) is 6.54 Å². The Morgan fingerprint density at radius 3 is 2.43 bits per heavy atom. The van der Waals surface area contributed by atoms with E-state index in [2.05, 4.69) is 5.32 Å². The van der Waals surface area contributed by atoms with Gasteiger partial charge in [0.05, 0.1) is 11.9 Å². The fourth-order valence-electron chi connectivity index (χ4n) is 1.67. The van der Waals surface area contributed by atoms with Crippen molar-refractivity contribution in [2.24, 2.45) is 5.41 Å². The van der Waals surface area contributed by atoms with Crippen molar-refractivity contribution < 1.29 is 13.5 Å². The molecule has 0 aromatic heterocycles. The van der Waals surface area contributed by atoms with Gasteiger partial charge in [-0.05, 0) is 6.42 Å². The molecule has 0 bridgehead atoms. The van der Waals surface area contributed by atoms with E-state index in [1.807, 2.05) is 13.8 Å². The van der Waals surface area contributed by atoms with Crippen LogP contribution >= 0.6 is 0 Å². The summed E-state index contributed by atoms with van der Waals surface area (Å²) >= 11 is 0. The number of aliphatic hydroxyl groups excluding tert-OH is 1. The van der Waals surface area contributed by atoms with Crippen molar-refractivity contribution in [1.82, 2.24) is 5.32 Å². The summed E-state index contributed by atoms with van der Waals surface area (Å²) in [6.07, 6.45) is 1.69. The molecule has 2 unspecified atom stereocenters. The predicted octanol–water partition coefficient (Wildman–Crippen LogP) is -0.220. The van der Waals surface area contributed by atoms with E-state index in [9.17, 15) is 13.5 Å². The summed E-state index contributed by atoms with van der Waals surface area (Å²) in [4.78, 5) is 0. The van der Waals surface area contributed by atoms with Gasteiger partial charge in [-0.1, -0.05) is 13.8 Å². The third-order valence-electron chi connectivity index (χ3n) is 3.08. The second kappa shape index (κ2) is 3.79. The molecule has 0 aliphatic heterocycles. The lowest BCUT2D eigenvalue weighted by molar-refractivity contribution is -0.0716. The zero-order chi connectivity index (χ0) is 11.0. The molecule has 4 nitrogen and oxygen atoms in total. The average Bonchev–Trinajstić information content (AvgIpc) is 2.01. The topological polar surface area (TPSA) is 66.4 Å². The van der Waals surface area contributed by atoms with Crippen molar-refractivity contribution in [3.05, 3.63) is 0 Å². The maximum absolute atomic E-state index is 10.9. The Morgan fingerprint density at radius 2 is 2.07 bits per heavy atom. The summed E-state index contributed by atoms with van der Waals surface area (Å²) in [6, 6.07) is 0.235. The second-order valence-corrected chi connectivity index (χ2v) is 6.97. The number of rotatable bonds is 4. The molecule has 0 spiro atoms. The van der Waals surface area contributed by atoms with Crippen LogP contribution in [0.2, 0.25) is 0 Å². The number of sulfone groups is 1. The number of aliphatic hydroxyl groups is 1. The molecule has 0 heterocycles. The van der Waals surface area contributed by atoms with Gasteiger partial charge in [0, 0.05) is 24.3 Å². The Bertz CT molecular complexity index is 297. The SMILES string of the molecule is CC1(C)C(O)CC1NCCS(C)(=O)=O. The van der Waals surface area contributed by atoms with Crippen molar-refractivity contribution in [3.63, 3.8) is 0 Å². The number of nitrogens with one attached hydrogen (secondary N) is 1. The Hall–Kier alpha value is -0.130. The molecule has 1 fully saturated rings. The molecule has 1 rings (SSSR count). The van der Waals surface area contributed by atoms with Gasteiger partial charge in [-0.3, -0.25) is 0 Å². The molecule has 0 saturated heterocycles. The summed E-state index contributed by atoms with van der Waals surface area (Å²) < 4.78 is 21.7. The molecule has 1 aliphatic rings. The molecular weight excluding hydrogens is 202 g/mol. The minimum absolute atomic E-state index is 0.127. The van der Waals surface area contributed by atoms with Crippen molar-refractivity contribution in [3.8, 4) is 0 Å². The van der Waals surface area contributed by atoms with Gasteiger partial charge in [-0.2, -0.15) is 0 Å². The largest absolute Gasteiger partial charge is 0.392 e. The third kappa shape index (κ3) is 2.68. The molecule has 84 valence electrons. The van der Waals surface area contributed by atoms with Gasteiger partial charge in [0.2, 0.25) is 0 Å². The van der Waals surface area contributed by atoms with Gasteiger partial charge in [-0.25, -0.2) is 8.42 Å². The standard InChI is InChI=1S/C9H19NO3S/c1-9(2)7(6-8(9)11)10-4-5-14(3,12)13/h7-8,10-11H,4-6H2,1-3H3. The maximum atomic E-state index is 10.9. The Labute approximate surface area is 85.6 Å². The highest BCUT2D eigenvalue weighted by Crippen LogP contribution is 2.40. The molecule has 0 amide bonds. The molecule has 0 aromatic rings. The van der Waals surface area contributed by atoms with Gasteiger partial charge in [-0.15, -0.1) is 0 Å². The lowest BCUT2D eigenvalue weighted by Crippen LogP contribution is -2.60. The number of hydrogen-bond acceptors (Lipinski definition) is 4. The van der Waals surface area contributed by atoms with Crippen LogP contribution in [0.3, 0.4) is 0 Å². The smallest absolute Gasteiger partial charge is 0.148 e. The second-order valence-electron chi connectivity index (χ2n) is 4.71. The van der Waals surface area contributed by atoms with E-state index >= 15 is 0 Å². The molecule has 14 heavy (non-hydrogen) atoms. The zero-order valence-corrected chi connectivity index (χ0v) is 9.76. The molecule has 1 aliphatic carbocycles. The van der Waals surface area contributed by atoms with E-state index in [1.165, 1.54) is 6.26 Å². The normalized spacial score (nSPS) is 31.1. The van der Waals surface area contributed by atoms with Crippen LogP contribution in [-0.4, -0.2) is 44.2 Å². The van der Waals surface area contributed by atoms with Crippen molar-refractivity contribution in [2.45, 2.75) is 32.4 Å². The van der Waals surface area contributed by atoms with Gasteiger partial charge in [0.15, 0.2) is 0 Å². The summed E-state index contributed by atoms with van der Waals surface area (Å²) in [5.74, 6) is 0.162. The van der Waals surface area contributed by atoms with Gasteiger partial charge in [0.25, 0.3) is 0 Å². The van der Waals surface area contributed by atoms with E-state index in [-0.39, 0.29) is 23.3 Å². The van der Waals surface area contributed by atoms with Gasteiger partial charge in [0.1, 0.15) is 9.84 Å². The molecule has 0 aromatic carbocycles. The van der Waals surface area contributed by atoms with Crippen LogP contribution in [0.25, 0.3) is 0 Å². The van der Waals surface area contributed by atoms with Crippen LogP contribution in [0.1, 0.15) is 20.3 Å². The first-order valence-corrected chi connectivity index (χ1v) is 6.89. The quantitative estimate of drug-likeness (QED) is 0.689. The third-order valence-corrected chi connectivity index (χ3v) is 4.03. The Kier molecular flexibility index (Phi) is 3.23. The van der Waals surface area contributed by atoms with Crippen LogP contribution in [0.4, 0.5) is 0 Å². The first kappa shape index (κ1) is 11.9. The lowest BCUT2D eigenvalue weighted by atomic mass is 9.64. The molecule has 2 atom stereocenters. The zero-order valence-electron chi connectivity index (χ0n) is 8.95. The molecule has 5 heteroatoms. The fourth-order valence-corrected chi connectivity index (χ4v) is 2.16. The van der Waals surface area contributed by atoms with E-state index in [1.54, 1.807) is 0 Å².